The zero-order valence-electron chi connectivity index (χ0n) is 16.1. The number of nitro benzene ring substituents is 1. The van der Waals surface area contributed by atoms with Gasteiger partial charge in [-0.15, -0.1) is 0 Å². The van der Waals surface area contributed by atoms with Gasteiger partial charge in [0.15, 0.2) is 5.78 Å². The van der Waals surface area contributed by atoms with Crippen LogP contribution in [0.2, 0.25) is 0 Å². The van der Waals surface area contributed by atoms with Crippen molar-refractivity contribution in [3.63, 3.8) is 0 Å². The molecule has 1 N–H and O–H groups in total. The average Bonchev–Trinajstić information content (AvgIpc) is 3.16. The Bertz CT molecular complexity index is 877. The van der Waals surface area contributed by atoms with Crippen LogP contribution < -0.4 is 19.7 Å². The van der Waals surface area contributed by atoms with Gasteiger partial charge in [0.25, 0.3) is 5.69 Å². The van der Waals surface area contributed by atoms with Crippen molar-refractivity contribution in [1.29, 1.82) is 0 Å². The molecule has 8 heteroatoms. The van der Waals surface area contributed by atoms with Gasteiger partial charge in [0.2, 0.25) is 0 Å². The first-order valence-electron chi connectivity index (χ1n) is 8.95. The Morgan fingerprint density at radius 1 is 1.18 bits per heavy atom. The van der Waals surface area contributed by atoms with Gasteiger partial charge >= 0.3 is 0 Å². The van der Waals surface area contributed by atoms with E-state index in [2.05, 4.69) is 10.2 Å². The minimum absolute atomic E-state index is 0.0408. The fourth-order valence-corrected chi connectivity index (χ4v) is 3.33. The maximum Gasteiger partial charge on any atom is 0.293 e. The molecule has 2 aromatic rings. The number of Topliss-reactive ketones (excluding diaryl/α,β-unsaturated/α-hetero) is 1. The summed E-state index contributed by atoms with van der Waals surface area (Å²) < 4.78 is 10.7. The number of ketones is 1. The molecule has 148 valence electrons. The van der Waals surface area contributed by atoms with E-state index in [9.17, 15) is 14.9 Å². The van der Waals surface area contributed by atoms with E-state index < -0.39 is 4.92 Å². The summed E-state index contributed by atoms with van der Waals surface area (Å²) in [5, 5.41) is 14.7. The van der Waals surface area contributed by atoms with Gasteiger partial charge in [-0.05, 0) is 25.5 Å². The van der Waals surface area contributed by atoms with Gasteiger partial charge in [-0.1, -0.05) is 0 Å². The molecule has 2 aromatic carbocycles. The molecule has 1 atom stereocenters. The minimum Gasteiger partial charge on any atom is -0.497 e. The lowest BCUT2D eigenvalue weighted by molar-refractivity contribution is -0.384. The molecule has 0 radical (unpaired) electrons. The molecule has 28 heavy (non-hydrogen) atoms. The second-order valence-electron chi connectivity index (χ2n) is 6.69. The van der Waals surface area contributed by atoms with E-state index in [1.807, 2.05) is 18.2 Å². The highest BCUT2D eigenvalue weighted by molar-refractivity contribution is 5.95. The van der Waals surface area contributed by atoms with Crippen molar-refractivity contribution in [2.75, 3.05) is 37.5 Å². The van der Waals surface area contributed by atoms with Gasteiger partial charge in [-0.3, -0.25) is 14.9 Å². The number of rotatable bonds is 7. The SMILES string of the molecule is COc1cc(OC)cc(N2CCC(Nc3ccc(C(C)=O)cc3[N+](=O)[O-])C2)c1. The number of nitro groups is 1. The number of carbonyl (C=O) groups excluding carboxylic acids is 1. The molecule has 1 saturated heterocycles. The number of nitrogens with one attached hydrogen (secondary N) is 1. The number of ether oxygens (including phenoxy) is 2. The van der Waals surface area contributed by atoms with Gasteiger partial charge in [0, 0.05) is 54.6 Å². The summed E-state index contributed by atoms with van der Waals surface area (Å²) >= 11 is 0. The lowest BCUT2D eigenvalue weighted by Crippen LogP contribution is -2.26. The van der Waals surface area contributed by atoms with Crippen molar-refractivity contribution in [2.45, 2.75) is 19.4 Å². The van der Waals surface area contributed by atoms with E-state index in [0.717, 1.165) is 18.7 Å². The topological polar surface area (TPSA) is 93.9 Å². The summed E-state index contributed by atoms with van der Waals surface area (Å²) in [5.74, 6) is 1.22. The number of benzene rings is 2. The first kappa shape index (κ1) is 19.5. The van der Waals surface area contributed by atoms with E-state index in [1.165, 1.54) is 13.0 Å². The predicted octanol–water partition coefficient (Wildman–Crippen LogP) is 3.51. The Morgan fingerprint density at radius 2 is 1.86 bits per heavy atom. The van der Waals surface area contributed by atoms with Crippen LogP contribution in [0.15, 0.2) is 36.4 Å². The molecular formula is C20H23N3O5. The van der Waals surface area contributed by atoms with Crippen molar-refractivity contribution >= 4 is 22.8 Å². The Hall–Kier alpha value is -3.29. The highest BCUT2D eigenvalue weighted by Gasteiger charge is 2.26. The summed E-state index contributed by atoms with van der Waals surface area (Å²) in [6, 6.07) is 10.3. The molecule has 0 amide bonds. The summed E-state index contributed by atoms with van der Waals surface area (Å²) in [4.78, 5) is 24.6. The van der Waals surface area contributed by atoms with E-state index in [1.54, 1.807) is 26.4 Å². The van der Waals surface area contributed by atoms with Crippen LogP contribution in [0.5, 0.6) is 11.5 Å². The average molecular weight is 385 g/mol. The lowest BCUT2D eigenvalue weighted by atomic mass is 10.1. The van der Waals surface area contributed by atoms with Crippen LogP contribution in [0.1, 0.15) is 23.7 Å². The molecule has 1 fully saturated rings. The van der Waals surface area contributed by atoms with E-state index in [0.29, 0.717) is 29.3 Å². The largest absolute Gasteiger partial charge is 0.497 e. The summed E-state index contributed by atoms with van der Waals surface area (Å²) in [7, 11) is 3.22. The van der Waals surface area contributed by atoms with Crippen LogP contribution in [0.3, 0.4) is 0 Å². The zero-order valence-corrected chi connectivity index (χ0v) is 16.1. The number of hydrogen-bond acceptors (Lipinski definition) is 7. The molecule has 8 nitrogen and oxygen atoms in total. The Kier molecular flexibility index (Phi) is 5.67. The second kappa shape index (κ2) is 8.16. The Balaban J connectivity index is 1.77. The number of anilines is 2. The number of methoxy groups -OCH3 is 2. The maximum absolute atomic E-state index is 11.5. The highest BCUT2D eigenvalue weighted by atomic mass is 16.6. The van der Waals surface area contributed by atoms with E-state index >= 15 is 0 Å². The third-order valence-corrected chi connectivity index (χ3v) is 4.85. The van der Waals surface area contributed by atoms with Crippen molar-refractivity contribution in [1.82, 2.24) is 0 Å². The third kappa shape index (κ3) is 4.16. The molecule has 0 spiro atoms. The molecule has 0 aliphatic carbocycles. The summed E-state index contributed by atoms with van der Waals surface area (Å²) in [6.45, 7) is 2.87. The number of nitrogens with zero attached hydrogens (tertiary/aromatic N) is 2. The van der Waals surface area contributed by atoms with Gasteiger partial charge < -0.3 is 19.7 Å². The maximum atomic E-state index is 11.5. The smallest absolute Gasteiger partial charge is 0.293 e. The lowest BCUT2D eigenvalue weighted by Gasteiger charge is -2.21. The molecule has 1 heterocycles. The molecule has 0 bridgehead atoms. The Morgan fingerprint density at radius 3 is 2.43 bits per heavy atom. The van der Waals surface area contributed by atoms with E-state index in [4.69, 9.17) is 9.47 Å². The van der Waals surface area contributed by atoms with Crippen LogP contribution in [-0.4, -0.2) is 44.1 Å². The van der Waals surface area contributed by atoms with Gasteiger partial charge in [-0.25, -0.2) is 0 Å². The third-order valence-electron chi connectivity index (χ3n) is 4.85. The van der Waals surface area contributed by atoms with Gasteiger partial charge in [-0.2, -0.15) is 0 Å². The first-order chi connectivity index (χ1) is 13.4. The fourth-order valence-electron chi connectivity index (χ4n) is 3.33. The van der Waals surface area contributed by atoms with Crippen LogP contribution in [-0.2, 0) is 0 Å². The summed E-state index contributed by atoms with van der Waals surface area (Å²) in [6.07, 6.45) is 0.825. The normalized spacial score (nSPS) is 16.0. The first-order valence-corrected chi connectivity index (χ1v) is 8.95. The highest BCUT2D eigenvalue weighted by Crippen LogP contribution is 2.32. The zero-order chi connectivity index (χ0) is 20.3. The van der Waals surface area contributed by atoms with Gasteiger partial charge in [0.1, 0.15) is 17.2 Å². The van der Waals surface area contributed by atoms with Crippen LogP contribution in [0.4, 0.5) is 17.1 Å². The molecule has 1 aliphatic rings. The second-order valence-corrected chi connectivity index (χ2v) is 6.69. The Labute approximate surface area is 163 Å². The summed E-state index contributed by atoms with van der Waals surface area (Å²) in [5.41, 5.74) is 1.63. The quantitative estimate of drug-likeness (QED) is 0.443. The van der Waals surface area contributed by atoms with Crippen molar-refractivity contribution in [2.24, 2.45) is 0 Å². The van der Waals surface area contributed by atoms with Crippen molar-refractivity contribution in [3.05, 3.63) is 52.1 Å². The molecular weight excluding hydrogens is 362 g/mol. The van der Waals surface area contributed by atoms with Crippen LogP contribution in [0, 0.1) is 10.1 Å². The van der Waals surface area contributed by atoms with Crippen molar-refractivity contribution in [3.8, 4) is 11.5 Å². The van der Waals surface area contributed by atoms with Crippen LogP contribution in [0.25, 0.3) is 0 Å². The number of hydrogen-bond donors (Lipinski definition) is 1. The standard InChI is InChI=1S/C20H23N3O5/c1-13(24)14-4-5-19(20(8-14)23(25)26)21-15-6-7-22(12-15)16-9-17(27-2)11-18(10-16)28-3/h4-5,8-11,15,21H,6-7,12H2,1-3H3. The molecule has 0 saturated carbocycles. The van der Waals surface area contributed by atoms with Gasteiger partial charge in [0.05, 0.1) is 19.1 Å². The predicted molar refractivity (Wildman–Crippen MR) is 107 cm³/mol. The molecule has 1 unspecified atom stereocenters. The van der Waals surface area contributed by atoms with Crippen LogP contribution >= 0.6 is 0 Å². The monoisotopic (exact) mass is 385 g/mol. The fraction of sp³-hybridized carbons (Fsp3) is 0.350. The molecule has 3 rings (SSSR count). The molecule has 0 aromatic heterocycles. The van der Waals surface area contributed by atoms with Crippen molar-refractivity contribution < 1.29 is 19.2 Å². The minimum atomic E-state index is -0.464. The molecule has 1 aliphatic heterocycles. The number of carbonyl (C=O) groups is 1. The van der Waals surface area contributed by atoms with E-state index in [-0.39, 0.29) is 17.5 Å².